The monoisotopic (exact) mass is 553 g/mol. The SMILES string of the molecule is CN(C)C(=O)C1(Cc2cccnc2)CCCN(C(=O)c2ccc(Nc3nccc(Nc4ccc(F)cc4)n3)cc2)C1. The first-order valence-electron chi connectivity index (χ1n) is 13.4. The molecule has 0 saturated carbocycles. The van der Waals surface area contributed by atoms with Crippen LogP contribution in [0.5, 0.6) is 0 Å². The van der Waals surface area contributed by atoms with Gasteiger partial charge in [0.1, 0.15) is 11.6 Å². The molecule has 9 nitrogen and oxygen atoms in total. The molecule has 1 fully saturated rings. The lowest BCUT2D eigenvalue weighted by molar-refractivity contribution is -0.142. The molecule has 210 valence electrons. The van der Waals surface area contributed by atoms with Crippen LogP contribution < -0.4 is 10.6 Å². The fourth-order valence-electron chi connectivity index (χ4n) is 5.24. The molecular weight excluding hydrogens is 521 g/mol. The number of pyridine rings is 1. The van der Waals surface area contributed by atoms with Crippen molar-refractivity contribution in [1.29, 1.82) is 0 Å². The molecule has 2 N–H and O–H groups in total. The summed E-state index contributed by atoms with van der Waals surface area (Å²) in [6, 6.07) is 18.7. The standard InChI is InChI=1S/C31H32FN7O2/c1-38(2)29(41)31(19-22-5-3-16-33-20-22)15-4-18-39(21-31)28(40)23-6-10-26(11-7-23)36-30-34-17-14-27(37-30)35-25-12-8-24(32)9-13-25/h3,5-14,16-17,20H,4,15,18-19,21H2,1-2H3,(H2,34,35,36,37). The van der Waals surface area contributed by atoms with Gasteiger partial charge in [0.25, 0.3) is 5.91 Å². The Labute approximate surface area is 238 Å². The van der Waals surface area contributed by atoms with Gasteiger partial charge < -0.3 is 20.4 Å². The van der Waals surface area contributed by atoms with E-state index in [0.717, 1.165) is 12.0 Å². The van der Waals surface area contributed by atoms with Crippen molar-refractivity contribution in [2.75, 3.05) is 37.8 Å². The Kier molecular flexibility index (Phi) is 8.19. The molecule has 0 spiro atoms. The molecule has 1 atom stereocenters. The van der Waals surface area contributed by atoms with Gasteiger partial charge in [-0.25, -0.2) is 9.37 Å². The maximum atomic E-state index is 13.6. The first kappa shape index (κ1) is 27.7. The Morgan fingerprint density at radius 1 is 0.976 bits per heavy atom. The van der Waals surface area contributed by atoms with Crippen molar-refractivity contribution in [1.82, 2.24) is 24.8 Å². The third-order valence-electron chi connectivity index (χ3n) is 7.15. The first-order valence-corrected chi connectivity index (χ1v) is 13.4. The van der Waals surface area contributed by atoms with Gasteiger partial charge in [-0.3, -0.25) is 14.6 Å². The highest BCUT2D eigenvalue weighted by Gasteiger charge is 2.44. The highest BCUT2D eigenvalue weighted by atomic mass is 19.1. The van der Waals surface area contributed by atoms with Crippen molar-refractivity contribution >= 4 is 35.0 Å². The average molecular weight is 554 g/mol. The van der Waals surface area contributed by atoms with Crippen molar-refractivity contribution in [3.05, 3.63) is 102 Å². The third-order valence-corrected chi connectivity index (χ3v) is 7.15. The topological polar surface area (TPSA) is 103 Å². The number of likely N-dealkylation sites (tertiary alicyclic amines) is 1. The zero-order valence-corrected chi connectivity index (χ0v) is 23.0. The van der Waals surface area contributed by atoms with Crippen molar-refractivity contribution in [2.24, 2.45) is 5.41 Å². The van der Waals surface area contributed by atoms with Crippen LogP contribution >= 0.6 is 0 Å². The summed E-state index contributed by atoms with van der Waals surface area (Å²) in [5, 5.41) is 6.27. The fraction of sp³-hybridized carbons (Fsp3) is 0.258. The maximum absolute atomic E-state index is 13.6. The molecule has 1 unspecified atom stereocenters. The molecule has 1 saturated heterocycles. The van der Waals surface area contributed by atoms with E-state index in [1.165, 1.54) is 12.1 Å². The molecule has 2 amide bonds. The van der Waals surface area contributed by atoms with Crippen LogP contribution in [0.25, 0.3) is 0 Å². The molecule has 1 aliphatic heterocycles. The van der Waals surface area contributed by atoms with E-state index in [2.05, 4.69) is 25.6 Å². The predicted molar refractivity (Wildman–Crippen MR) is 156 cm³/mol. The molecule has 4 aromatic rings. The van der Waals surface area contributed by atoms with Gasteiger partial charge in [-0.2, -0.15) is 4.98 Å². The summed E-state index contributed by atoms with van der Waals surface area (Å²) in [5.74, 6) is 0.520. The molecule has 2 aromatic carbocycles. The summed E-state index contributed by atoms with van der Waals surface area (Å²) in [6.45, 7) is 0.940. The Morgan fingerprint density at radius 2 is 1.71 bits per heavy atom. The number of carbonyl (C=O) groups is 2. The van der Waals surface area contributed by atoms with Crippen LogP contribution in [0, 0.1) is 11.2 Å². The molecular formula is C31H32FN7O2. The smallest absolute Gasteiger partial charge is 0.253 e. The molecule has 10 heteroatoms. The quantitative estimate of drug-likeness (QED) is 0.315. The number of carbonyl (C=O) groups excluding carboxylic acids is 2. The van der Waals surface area contributed by atoms with Crippen LogP contribution in [0.1, 0.15) is 28.8 Å². The van der Waals surface area contributed by atoms with Crippen molar-refractivity contribution in [2.45, 2.75) is 19.3 Å². The minimum Gasteiger partial charge on any atom is -0.348 e. The number of nitrogens with one attached hydrogen (secondary N) is 2. The summed E-state index contributed by atoms with van der Waals surface area (Å²) >= 11 is 0. The molecule has 2 aromatic heterocycles. The zero-order valence-electron chi connectivity index (χ0n) is 23.0. The number of hydrogen-bond acceptors (Lipinski definition) is 7. The Hall–Kier alpha value is -4.86. The van der Waals surface area contributed by atoms with E-state index in [9.17, 15) is 14.0 Å². The van der Waals surface area contributed by atoms with E-state index < -0.39 is 5.41 Å². The number of rotatable bonds is 8. The average Bonchev–Trinajstić information content (AvgIpc) is 2.99. The van der Waals surface area contributed by atoms with Gasteiger partial charge in [0, 0.05) is 62.7 Å². The van der Waals surface area contributed by atoms with Crippen LogP contribution in [0.3, 0.4) is 0 Å². The number of hydrogen-bond donors (Lipinski definition) is 2. The van der Waals surface area contributed by atoms with Crippen molar-refractivity contribution in [3.8, 4) is 0 Å². The molecule has 5 rings (SSSR count). The molecule has 0 aliphatic carbocycles. The lowest BCUT2D eigenvalue weighted by Gasteiger charge is -2.43. The van der Waals surface area contributed by atoms with Crippen LogP contribution in [0.15, 0.2) is 85.3 Å². The lowest BCUT2D eigenvalue weighted by Crippen LogP contribution is -2.54. The van der Waals surface area contributed by atoms with E-state index in [0.29, 0.717) is 54.6 Å². The minimum absolute atomic E-state index is 0.0227. The second-order valence-corrected chi connectivity index (χ2v) is 10.4. The van der Waals surface area contributed by atoms with E-state index in [-0.39, 0.29) is 17.6 Å². The molecule has 41 heavy (non-hydrogen) atoms. The fourth-order valence-corrected chi connectivity index (χ4v) is 5.24. The Morgan fingerprint density at radius 3 is 2.41 bits per heavy atom. The van der Waals surface area contributed by atoms with Gasteiger partial charge in [0.2, 0.25) is 11.9 Å². The summed E-state index contributed by atoms with van der Waals surface area (Å²) in [5.41, 5.74) is 2.23. The largest absolute Gasteiger partial charge is 0.348 e. The van der Waals surface area contributed by atoms with Crippen molar-refractivity contribution in [3.63, 3.8) is 0 Å². The van der Waals surface area contributed by atoms with Gasteiger partial charge in [0.15, 0.2) is 0 Å². The Balaban J connectivity index is 1.27. The first-order chi connectivity index (χ1) is 19.8. The van der Waals surface area contributed by atoms with Gasteiger partial charge in [-0.1, -0.05) is 6.07 Å². The summed E-state index contributed by atoms with van der Waals surface area (Å²) in [6.07, 6.45) is 7.09. The number of amides is 2. The van der Waals surface area contributed by atoms with Crippen LogP contribution in [0.2, 0.25) is 0 Å². The second kappa shape index (κ2) is 12.1. The second-order valence-electron chi connectivity index (χ2n) is 10.4. The van der Waals surface area contributed by atoms with Crippen molar-refractivity contribution < 1.29 is 14.0 Å². The summed E-state index contributed by atoms with van der Waals surface area (Å²) < 4.78 is 13.2. The van der Waals surface area contributed by atoms with Crippen LogP contribution in [0.4, 0.5) is 27.5 Å². The number of benzene rings is 2. The number of nitrogens with zero attached hydrogens (tertiary/aromatic N) is 5. The predicted octanol–water partition coefficient (Wildman–Crippen LogP) is 5.05. The van der Waals surface area contributed by atoms with Gasteiger partial charge in [-0.05, 0) is 85.5 Å². The minimum atomic E-state index is -0.702. The normalized spacial score (nSPS) is 16.6. The summed E-state index contributed by atoms with van der Waals surface area (Å²) in [4.78, 5) is 43.3. The lowest BCUT2D eigenvalue weighted by atomic mass is 9.74. The van der Waals surface area contributed by atoms with Crippen LogP contribution in [-0.2, 0) is 11.2 Å². The van der Waals surface area contributed by atoms with Gasteiger partial charge >= 0.3 is 0 Å². The molecule has 3 heterocycles. The van der Waals surface area contributed by atoms with E-state index in [1.54, 1.807) is 85.0 Å². The van der Waals surface area contributed by atoms with E-state index in [1.807, 2.05) is 12.1 Å². The number of halogens is 1. The number of piperidine rings is 1. The van der Waals surface area contributed by atoms with Gasteiger partial charge in [0.05, 0.1) is 5.41 Å². The molecule has 0 bridgehead atoms. The number of aromatic nitrogens is 3. The molecule has 0 radical (unpaired) electrons. The highest BCUT2D eigenvalue weighted by Crippen LogP contribution is 2.36. The highest BCUT2D eigenvalue weighted by molar-refractivity contribution is 5.95. The van der Waals surface area contributed by atoms with Crippen LogP contribution in [-0.4, -0.2) is 63.8 Å². The van der Waals surface area contributed by atoms with E-state index >= 15 is 0 Å². The number of anilines is 4. The summed E-state index contributed by atoms with van der Waals surface area (Å²) in [7, 11) is 3.52. The third kappa shape index (κ3) is 6.66. The molecule has 1 aliphatic rings. The maximum Gasteiger partial charge on any atom is 0.253 e. The Bertz CT molecular complexity index is 1500. The van der Waals surface area contributed by atoms with Gasteiger partial charge in [-0.15, -0.1) is 0 Å². The van der Waals surface area contributed by atoms with E-state index in [4.69, 9.17) is 0 Å². The zero-order chi connectivity index (χ0) is 28.8.